The van der Waals surface area contributed by atoms with Crippen LogP contribution in [-0.2, 0) is 39.4 Å². The van der Waals surface area contributed by atoms with Crippen LogP contribution in [0.15, 0.2) is 86.0 Å². The summed E-state index contributed by atoms with van der Waals surface area (Å²) in [6.45, 7) is 2.29. The van der Waals surface area contributed by atoms with Gasteiger partial charge in [-0.05, 0) is 36.2 Å². The molecule has 4 atom stereocenters. The zero-order chi connectivity index (χ0) is 37.6. The highest BCUT2D eigenvalue weighted by molar-refractivity contribution is 5.86. The molecule has 0 spiro atoms. The van der Waals surface area contributed by atoms with Crippen LogP contribution < -0.4 is 15.2 Å². The summed E-state index contributed by atoms with van der Waals surface area (Å²) in [6, 6.07) is 11.2. The number of rotatable bonds is 13. The molecular formula is C35H36F3N8O6+. The number of nitrogens with zero attached hydrogens (tertiary/aromatic N) is 7. The van der Waals surface area contributed by atoms with Crippen LogP contribution in [0.5, 0.6) is 5.75 Å². The number of phenolic OH excluding ortho intramolecular Hbond substituents is 1. The molecular weight excluding hydrogens is 685 g/mol. The number of aliphatic hydroxyl groups is 1. The number of esters is 1. The van der Waals surface area contributed by atoms with E-state index in [2.05, 4.69) is 20.1 Å². The number of carbonyl (C=O) groups is 2. The molecule has 1 amide bonds. The fourth-order valence-electron chi connectivity index (χ4n) is 5.46. The molecule has 0 fully saturated rings. The van der Waals surface area contributed by atoms with Crippen LogP contribution in [0.3, 0.4) is 0 Å². The fourth-order valence-corrected chi connectivity index (χ4v) is 5.46. The van der Waals surface area contributed by atoms with E-state index in [1.54, 1.807) is 31.2 Å². The van der Waals surface area contributed by atoms with Gasteiger partial charge in [-0.1, -0.05) is 31.2 Å². The lowest BCUT2D eigenvalue weighted by molar-refractivity contribution is -0.753. The quantitative estimate of drug-likeness (QED) is 0.119. The number of hydrogen-bond donors (Lipinski definition) is 3. The van der Waals surface area contributed by atoms with E-state index in [9.17, 15) is 28.6 Å². The number of amides is 1. The predicted octanol–water partition coefficient (Wildman–Crippen LogP) is 3.57. The van der Waals surface area contributed by atoms with E-state index in [1.807, 2.05) is 0 Å². The highest BCUT2D eigenvalue weighted by Gasteiger charge is 2.44. The van der Waals surface area contributed by atoms with Gasteiger partial charge < -0.3 is 25.4 Å². The third-order valence-corrected chi connectivity index (χ3v) is 8.44. The molecule has 5 rings (SSSR count). The molecule has 0 bridgehead atoms. The second kappa shape index (κ2) is 15.9. The van der Waals surface area contributed by atoms with Crippen molar-refractivity contribution in [2.75, 3.05) is 11.9 Å². The molecule has 52 heavy (non-hydrogen) atoms. The Bertz CT molecular complexity index is 2030. The molecule has 4 N–H and O–H groups in total. The molecule has 0 saturated carbocycles. The van der Waals surface area contributed by atoms with E-state index >= 15 is 4.39 Å². The van der Waals surface area contributed by atoms with E-state index < -0.39 is 59.8 Å². The number of carbonyl (C=O) groups excluding carboxylic acids is 2. The average molecular weight is 722 g/mol. The Hall–Kier alpha value is -5.94. The van der Waals surface area contributed by atoms with Crippen LogP contribution in [0.25, 0.3) is 0 Å². The van der Waals surface area contributed by atoms with Gasteiger partial charge in [-0.3, -0.25) is 9.69 Å². The van der Waals surface area contributed by atoms with Gasteiger partial charge in [-0.2, -0.15) is 4.57 Å². The van der Waals surface area contributed by atoms with E-state index in [-0.39, 0.29) is 35.9 Å². The van der Waals surface area contributed by atoms with Crippen LogP contribution in [0.1, 0.15) is 48.4 Å². The van der Waals surface area contributed by atoms with Crippen LogP contribution in [0.2, 0.25) is 0 Å². The molecule has 0 aliphatic heterocycles. The zero-order valence-corrected chi connectivity index (χ0v) is 28.3. The summed E-state index contributed by atoms with van der Waals surface area (Å²) in [5, 5.41) is 25.6. The van der Waals surface area contributed by atoms with Gasteiger partial charge in [0.25, 0.3) is 6.33 Å². The van der Waals surface area contributed by atoms with Crippen molar-refractivity contribution in [1.29, 1.82) is 0 Å². The summed E-state index contributed by atoms with van der Waals surface area (Å²) in [5.41, 5.74) is 4.43. The van der Waals surface area contributed by atoms with Crippen molar-refractivity contribution in [3.8, 4) is 5.75 Å². The second-order valence-corrected chi connectivity index (χ2v) is 12.0. The Morgan fingerprint density at radius 1 is 1.08 bits per heavy atom. The Balaban J connectivity index is 1.26. The zero-order valence-electron chi connectivity index (χ0n) is 28.3. The van der Waals surface area contributed by atoms with Gasteiger partial charge in [0, 0.05) is 48.4 Å². The van der Waals surface area contributed by atoms with Crippen molar-refractivity contribution in [3.05, 3.63) is 126 Å². The van der Waals surface area contributed by atoms with Gasteiger partial charge >= 0.3 is 12.1 Å². The minimum Gasteiger partial charge on any atom is -0.508 e. The number of nitrogens with two attached hydrogens (primary N) is 1. The summed E-state index contributed by atoms with van der Waals surface area (Å²) in [4.78, 5) is 38.8. The molecule has 2 aromatic carbocycles. The standard InChI is InChI=1S/C35H35F3N8O6/c1-21(31-29(38)15-40-18-42-31)35(50,27-11-8-25(36)14-28(27)37)17-46-20-45(19-43-46)22(2)52-34(49)44(3)32-24(5-4-12-41-32)16-51-33(48)30(39)13-23-6-9-26(47)10-7-23/h4-12,14-15,18-22,30,50H,13,16-17,39H2,1-3H3/p+1/t21-,22?,30-,35+/m0/s1. The van der Waals surface area contributed by atoms with Gasteiger partial charge in [0.05, 0.1) is 11.9 Å². The number of halogens is 3. The van der Waals surface area contributed by atoms with Crippen molar-refractivity contribution in [1.82, 2.24) is 24.7 Å². The maximum absolute atomic E-state index is 15.1. The summed E-state index contributed by atoms with van der Waals surface area (Å²) >= 11 is 0. The highest BCUT2D eigenvalue weighted by atomic mass is 19.1. The first-order chi connectivity index (χ1) is 24.8. The molecule has 0 saturated heterocycles. The van der Waals surface area contributed by atoms with Crippen LogP contribution in [-0.4, -0.2) is 60.1 Å². The largest absolute Gasteiger partial charge is 0.508 e. The first-order valence-corrected chi connectivity index (χ1v) is 15.9. The summed E-state index contributed by atoms with van der Waals surface area (Å²) in [6.07, 6.45) is 4.49. The predicted molar refractivity (Wildman–Crippen MR) is 176 cm³/mol. The molecule has 3 heterocycles. The van der Waals surface area contributed by atoms with Crippen molar-refractivity contribution in [2.24, 2.45) is 5.73 Å². The Labute approximate surface area is 295 Å². The minimum absolute atomic E-state index is 0.0861. The topological polar surface area (TPSA) is 183 Å². The number of pyridine rings is 1. The number of aromatic nitrogens is 6. The normalized spacial score (nSPS) is 14.2. The molecule has 0 aliphatic carbocycles. The molecule has 0 radical (unpaired) electrons. The van der Waals surface area contributed by atoms with Crippen molar-refractivity contribution >= 4 is 17.9 Å². The Kier molecular flexibility index (Phi) is 11.4. The number of ether oxygens (including phenoxy) is 2. The summed E-state index contributed by atoms with van der Waals surface area (Å²) in [7, 11) is 1.42. The fraction of sp³-hybridized carbons (Fsp3) is 0.286. The van der Waals surface area contributed by atoms with Gasteiger partial charge in [-0.15, -0.1) is 4.68 Å². The molecule has 5 aromatic rings. The number of phenols is 1. The van der Waals surface area contributed by atoms with Gasteiger partial charge in [0.2, 0.25) is 12.6 Å². The number of hydrogen-bond acceptors (Lipinski definition) is 11. The minimum atomic E-state index is -2.19. The first kappa shape index (κ1) is 37.3. The van der Waals surface area contributed by atoms with E-state index in [1.165, 1.54) is 54.2 Å². The average Bonchev–Trinajstić information content (AvgIpc) is 3.59. The van der Waals surface area contributed by atoms with Gasteiger partial charge in [-0.25, -0.2) is 32.9 Å². The SMILES string of the molecule is CC(OC(=O)N(C)c1ncccc1COC(=O)[C@@H](N)Cc1ccc(O)cc1)[n+]1cnn(C[C@](O)(c2ccc(F)cc2F)[C@@H](C)c2ncncc2F)c1. The molecule has 14 nitrogen and oxygen atoms in total. The Morgan fingerprint density at radius 3 is 2.54 bits per heavy atom. The van der Waals surface area contributed by atoms with Crippen molar-refractivity contribution < 1.29 is 47.0 Å². The molecule has 1 unspecified atom stereocenters. The van der Waals surface area contributed by atoms with E-state index in [0.717, 1.165) is 35.1 Å². The number of benzene rings is 2. The second-order valence-electron chi connectivity index (χ2n) is 12.0. The molecule has 0 aliphatic rings. The maximum Gasteiger partial charge on any atom is 0.418 e. The third kappa shape index (κ3) is 8.50. The van der Waals surface area contributed by atoms with Gasteiger partial charge in [0.1, 0.15) is 54.3 Å². The third-order valence-electron chi connectivity index (χ3n) is 8.44. The smallest absolute Gasteiger partial charge is 0.418 e. The van der Waals surface area contributed by atoms with Crippen LogP contribution in [0.4, 0.5) is 23.8 Å². The molecule has 17 heteroatoms. The molecule has 272 valence electrons. The summed E-state index contributed by atoms with van der Waals surface area (Å²) in [5.74, 6) is -4.37. The van der Waals surface area contributed by atoms with Crippen LogP contribution >= 0.6 is 0 Å². The lowest BCUT2D eigenvalue weighted by atomic mass is 9.79. The first-order valence-electron chi connectivity index (χ1n) is 15.9. The highest BCUT2D eigenvalue weighted by Crippen LogP contribution is 2.39. The van der Waals surface area contributed by atoms with Crippen molar-refractivity contribution in [2.45, 2.75) is 57.2 Å². The maximum atomic E-state index is 15.1. The monoisotopic (exact) mass is 721 g/mol. The van der Waals surface area contributed by atoms with E-state index in [0.29, 0.717) is 11.6 Å². The van der Waals surface area contributed by atoms with Crippen LogP contribution in [0, 0.1) is 17.5 Å². The Morgan fingerprint density at radius 2 is 1.83 bits per heavy atom. The van der Waals surface area contributed by atoms with Gasteiger partial charge in [0.15, 0.2) is 5.82 Å². The number of anilines is 1. The number of aromatic hydroxyl groups is 1. The summed E-state index contributed by atoms with van der Waals surface area (Å²) < 4.78 is 57.3. The van der Waals surface area contributed by atoms with E-state index in [4.69, 9.17) is 15.2 Å². The lowest BCUT2D eigenvalue weighted by Crippen LogP contribution is -2.42. The van der Waals surface area contributed by atoms with Crippen molar-refractivity contribution in [3.63, 3.8) is 0 Å². The lowest BCUT2D eigenvalue weighted by Gasteiger charge is -2.32. The molecule has 3 aromatic heterocycles.